The highest BCUT2D eigenvalue weighted by atomic mass is 32.2. The molecule has 0 radical (unpaired) electrons. The summed E-state index contributed by atoms with van der Waals surface area (Å²) in [6, 6.07) is 1.27. The number of rotatable bonds is 6. The van der Waals surface area contributed by atoms with Crippen molar-refractivity contribution in [1.29, 1.82) is 0 Å². The second kappa shape index (κ2) is 9.37. The van der Waals surface area contributed by atoms with E-state index in [9.17, 15) is 18.8 Å². The normalized spacial score (nSPS) is 18.4. The molecule has 168 valence electrons. The zero-order chi connectivity index (χ0) is 22.8. The fourth-order valence-corrected chi connectivity index (χ4v) is 5.26. The van der Waals surface area contributed by atoms with Crippen molar-refractivity contribution >= 4 is 46.0 Å². The molecule has 1 aliphatic carbocycles. The largest absolute Gasteiger partial charge is 0.333 e. The molecule has 1 saturated carbocycles. The van der Waals surface area contributed by atoms with Gasteiger partial charge >= 0.3 is 0 Å². The van der Waals surface area contributed by atoms with Gasteiger partial charge in [-0.05, 0) is 31.9 Å². The monoisotopic (exact) mass is 475 g/mol. The van der Waals surface area contributed by atoms with Gasteiger partial charge in [-0.1, -0.05) is 29.7 Å². The quantitative estimate of drug-likeness (QED) is 0.646. The van der Waals surface area contributed by atoms with Gasteiger partial charge < -0.3 is 15.1 Å². The Hall–Kier alpha value is -2.79. The summed E-state index contributed by atoms with van der Waals surface area (Å²) in [5.41, 5.74) is 0.136. The summed E-state index contributed by atoms with van der Waals surface area (Å²) in [7, 11) is 0. The van der Waals surface area contributed by atoms with E-state index in [1.807, 2.05) is 6.92 Å². The molecule has 1 saturated heterocycles. The van der Waals surface area contributed by atoms with Crippen molar-refractivity contribution in [3.8, 4) is 0 Å². The Labute approximate surface area is 192 Å². The summed E-state index contributed by atoms with van der Waals surface area (Å²) in [5, 5.41) is 3.24. The third kappa shape index (κ3) is 4.99. The van der Waals surface area contributed by atoms with Crippen molar-refractivity contribution in [2.24, 2.45) is 5.92 Å². The highest BCUT2D eigenvalue weighted by Gasteiger charge is 2.31. The van der Waals surface area contributed by atoms with Crippen LogP contribution in [0.3, 0.4) is 0 Å². The second-order valence-electron chi connectivity index (χ2n) is 7.69. The number of anilines is 1. The lowest BCUT2D eigenvalue weighted by molar-refractivity contribution is -0.129. The third-order valence-electron chi connectivity index (χ3n) is 5.29. The molecule has 32 heavy (non-hydrogen) atoms. The molecule has 2 aliphatic rings. The van der Waals surface area contributed by atoms with Gasteiger partial charge in [0.25, 0.3) is 5.91 Å². The molecular weight excluding hydrogens is 453 g/mol. The van der Waals surface area contributed by atoms with E-state index >= 15 is 0 Å². The molecule has 1 aliphatic heterocycles. The molecule has 3 amide bonds. The first-order chi connectivity index (χ1) is 15.4. The molecule has 1 atom stereocenters. The fraction of sp³-hybridized carbons (Fsp3) is 0.381. The van der Waals surface area contributed by atoms with Gasteiger partial charge in [-0.15, -0.1) is 0 Å². The Bertz CT molecular complexity index is 1070. The number of piperazine rings is 1. The van der Waals surface area contributed by atoms with Crippen molar-refractivity contribution < 1.29 is 18.8 Å². The molecule has 4 rings (SSSR count). The highest BCUT2D eigenvalue weighted by molar-refractivity contribution is 8.01. The van der Waals surface area contributed by atoms with Gasteiger partial charge in [-0.3, -0.25) is 14.4 Å². The van der Waals surface area contributed by atoms with Gasteiger partial charge in [0.1, 0.15) is 5.69 Å². The lowest BCUT2D eigenvalue weighted by Crippen LogP contribution is -2.55. The van der Waals surface area contributed by atoms with Crippen LogP contribution in [0.15, 0.2) is 40.2 Å². The molecular formula is C21H22FN5O3S2. The van der Waals surface area contributed by atoms with Crippen LogP contribution in [0.1, 0.15) is 30.3 Å². The zero-order valence-electron chi connectivity index (χ0n) is 17.4. The van der Waals surface area contributed by atoms with Crippen LogP contribution >= 0.6 is 23.1 Å². The second-order valence-corrected chi connectivity index (χ2v) is 10.1. The first-order valence-corrected chi connectivity index (χ1v) is 11.8. The number of pyridine rings is 1. The SMILES string of the molecule is C=CC(=O)N1CCN(C(=O)c2cc(Sc3cnc(NC(=O)C4CC4)s3)c(F)cn2)C[C@H]1C. The first kappa shape index (κ1) is 22.4. The summed E-state index contributed by atoms with van der Waals surface area (Å²) >= 11 is 2.38. The van der Waals surface area contributed by atoms with Crippen molar-refractivity contribution in [1.82, 2.24) is 19.8 Å². The minimum Gasteiger partial charge on any atom is -0.333 e. The third-order valence-corrected chi connectivity index (χ3v) is 7.33. The Morgan fingerprint density at radius 1 is 1.28 bits per heavy atom. The average molecular weight is 476 g/mol. The number of hydrogen-bond acceptors (Lipinski definition) is 7. The minimum atomic E-state index is -0.543. The van der Waals surface area contributed by atoms with Crippen LogP contribution < -0.4 is 5.32 Å². The highest BCUT2D eigenvalue weighted by Crippen LogP contribution is 2.37. The smallest absolute Gasteiger partial charge is 0.272 e. The molecule has 1 N–H and O–H groups in total. The molecule has 0 bridgehead atoms. The van der Waals surface area contributed by atoms with E-state index in [4.69, 9.17) is 0 Å². The number of carbonyl (C=O) groups excluding carboxylic acids is 3. The van der Waals surface area contributed by atoms with Gasteiger partial charge in [0.05, 0.1) is 21.5 Å². The standard InChI is InChI=1S/C21H22FN5O3S2/c1-3-17(28)27-7-6-26(11-12(27)2)20(30)15-8-16(14(22)9-23-15)31-18-10-24-21(32-18)25-19(29)13-4-5-13/h3,8-10,12-13H,1,4-7,11H2,2H3,(H,24,25,29)/t12-/m1/s1. The lowest BCUT2D eigenvalue weighted by Gasteiger charge is -2.39. The zero-order valence-corrected chi connectivity index (χ0v) is 19.0. The Morgan fingerprint density at radius 3 is 2.75 bits per heavy atom. The molecule has 0 spiro atoms. The average Bonchev–Trinajstić information content (AvgIpc) is 3.55. The summed E-state index contributed by atoms with van der Waals surface area (Å²) in [5.74, 6) is -0.992. The number of nitrogens with zero attached hydrogens (tertiary/aromatic N) is 4. The number of hydrogen-bond donors (Lipinski definition) is 1. The molecule has 2 fully saturated rings. The number of nitrogens with one attached hydrogen (secondary N) is 1. The van der Waals surface area contributed by atoms with Crippen LogP contribution in [0, 0.1) is 11.7 Å². The minimum absolute atomic E-state index is 0.0389. The van der Waals surface area contributed by atoms with Crippen LogP contribution in [0.25, 0.3) is 0 Å². The maximum atomic E-state index is 14.4. The van der Waals surface area contributed by atoms with Gasteiger partial charge in [-0.25, -0.2) is 14.4 Å². The number of aromatic nitrogens is 2. The predicted octanol–water partition coefficient (Wildman–Crippen LogP) is 3.04. The molecule has 8 nitrogen and oxygen atoms in total. The van der Waals surface area contributed by atoms with Gasteiger partial charge in [0, 0.05) is 31.6 Å². The van der Waals surface area contributed by atoms with Crippen molar-refractivity contribution in [3.05, 3.63) is 42.6 Å². The lowest BCUT2D eigenvalue weighted by atomic mass is 10.1. The molecule has 11 heteroatoms. The van der Waals surface area contributed by atoms with E-state index in [1.165, 1.54) is 23.5 Å². The Balaban J connectivity index is 1.43. The Kier molecular flexibility index (Phi) is 6.56. The summed E-state index contributed by atoms with van der Waals surface area (Å²) in [6.45, 7) is 6.49. The summed E-state index contributed by atoms with van der Waals surface area (Å²) in [4.78, 5) is 48.4. The van der Waals surface area contributed by atoms with Gasteiger partial charge in [0.15, 0.2) is 10.9 Å². The van der Waals surface area contributed by atoms with E-state index in [-0.39, 0.29) is 40.3 Å². The van der Waals surface area contributed by atoms with E-state index in [0.717, 1.165) is 30.8 Å². The van der Waals surface area contributed by atoms with Crippen LogP contribution in [0.4, 0.5) is 9.52 Å². The number of carbonyl (C=O) groups is 3. The van der Waals surface area contributed by atoms with Crippen molar-refractivity contribution in [2.45, 2.75) is 34.9 Å². The molecule has 2 aromatic heterocycles. The van der Waals surface area contributed by atoms with E-state index in [2.05, 4.69) is 21.9 Å². The van der Waals surface area contributed by atoms with Crippen LogP contribution in [0.2, 0.25) is 0 Å². The maximum absolute atomic E-state index is 14.4. The number of halogens is 1. The number of amides is 3. The predicted molar refractivity (Wildman–Crippen MR) is 119 cm³/mol. The maximum Gasteiger partial charge on any atom is 0.272 e. The summed E-state index contributed by atoms with van der Waals surface area (Å²) in [6.07, 6.45) is 5.66. The fourth-order valence-electron chi connectivity index (χ4n) is 3.39. The van der Waals surface area contributed by atoms with E-state index in [0.29, 0.717) is 29.0 Å². The van der Waals surface area contributed by atoms with E-state index in [1.54, 1.807) is 16.0 Å². The molecule has 0 unspecified atom stereocenters. The topological polar surface area (TPSA) is 95.5 Å². The first-order valence-electron chi connectivity index (χ1n) is 10.2. The Morgan fingerprint density at radius 2 is 2.06 bits per heavy atom. The molecule has 2 aromatic rings. The van der Waals surface area contributed by atoms with E-state index < -0.39 is 5.82 Å². The van der Waals surface area contributed by atoms with Gasteiger partial charge in [0.2, 0.25) is 11.8 Å². The van der Waals surface area contributed by atoms with Crippen molar-refractivity contribution in [3.63, 3.8) is 0 Å². The molecule has 3 heterocycles. The van der Waals surface area contributed by atoms with Crippen LogP contribution in [-0.4, -0.2) is 63.2 Å². The van der Waals surface area contributed by atoms with Gasteiger partial charge in [-0.2, -0.15) is 0 Å². The van der Waals surface area contributed by atoms with Crippen molar-refractivity contribution in [2.75, 3.05) is 25.0 Å². The number of thiazole rings is 1. The summed E-state index contributed by atoms with van der Waals surface area (Å²) < 4.78 is 15.1. The molecule has 0 aromatic carbocycles. The van der Waals surface area contributed by atoms with Crippen LogP contribution in [0.5, 0.6) is 0 Å². The van der Waals surface area contributed by atoms with Crippen LogP contribution in [-0.2, 0) is 9.59 Å².